The molecule has 0 atom stereocenters. The lowest BCUT2D eigenvalue weighted by Gasteiger charge is -1.99. The maximum Gasteiger partial charge on any atom is 0.153 e. The van der Waals surface area contributed by atoms with Crippen molar-refractivity contribution in [1.82, 2.24) is 0 Å². The van der Waals surface area contributed by atoms with Gasteiger partial charge in [-0.3, -0.25) is 4.99 Å². The molecule has 0 aliphatic heterocycles. The van der Waals surface area contributed by atoms with Crippen molar-refractivity contribution < 1.29 is 0 Å². The van der Waals surface area contributed by atoms with Crippen LogP contribution in [0, 0.1) is 0 Å². The summed E-state index contributed by atoms with van der Waals surface area (Å²) in [5, 5.41) is 0.685. The predicted molar refractivity (Wildman–Crippen MR) is 58.1 cm³/mol. The highest BCUT2D eigenvalue weighted by atomic mass is 35.5. The summed E-state index contributed by atoms with van der Waals surface area (Å²) >= 11 is 5.83. The van der Waals surface area contributed by atoms with Gasteiger partial charge in [0.05, 0.1) is 0 Å². The molecule has 0 aliphatic rings. The molecular formula is C10H11ClN2. The summed E-state index contributed by atoms with van der Waals surface area (Å²) in [5.41, 5.74) is 0.907. The van der Waals surface area contributed by atoms with Crippen molar-refractivity contribution in [2.24, 2.45) is 9.98 Å². The van der Waals surface area contributed by atoms with Crippen molar-refractivity contribution in [2.45, 2.75) is 6.92 Å². The molecule has 0 aromatic heterocycles. The second kappa shape index (κ2) is 4.77. The van der Waals surface area contributed by atoms with E-state index in [1.54, 1.807) is 0 Å². The van der Waals surface area contributed by atoms with Gasteiger partial charge in [-0.25, -0.2) is 4.99 Å². The Morgan fingerprint density at radius 2 is 2.31 bits per heavy atom. The normalized spacial score (nSPS) is 11.4. The van der Waals surface area contributed by atoms with E-state index >= 15 is 0 Å². The first-order chi connectivity index (χ1) is 6.27. The first kappa shape index (κ1) is 9.93. The fourth-order valence-electron chi connectivity index (χ4n) is 1.01. The first-order valence-electron chi connectivity index (χ1n) is 4.05. The zero-order chi connectivity index (χ0) is 9.68. The lowest BCUT2D eigenvalue weighted by molar-refractivity contribution is 1.12. The summed E-state index contributed by atoms with van der Waals surface area (Å²) in [7, 11) is 0. The molecule has 68 valence electrons. The van der Waals surface area contributed by atoms with Gasteiger partial charge in [0.25, 0.3) is 0 Å². The minimum atomic E-state index is 0.644. The van der Waals surface area contributed by atoms with Crippen LogP contribution in [0.1, 0.15) is 12.5 Å². The lowest BCUT2D eigenvalue weighted by Crippen LogP contribution is -1.96. The predicted octanol–water partition coefficient (Wildman–Crippen LogP) is 2.81. The number of rotatable bonds is 2. The van der Waals surface area contributed by atoms with Gasteiger partial charge < -0.3 is 0 Å². The molecule has 13 heavy (non-hydrogen) atoms. The molecule has 3 heteroatoms. The van der Waals surface area contributed by atoms with Gasteiger partial charge in [-0.15, -0.1) is 0 Å². The van der Waals surface area contributed by atoms with Crippen molar-refractivity contribution in [2.75, 3.05) is 6.54 Å². The molecule has 0 aliphatic carbocycles. The van der Waals surface area contributed by atoms with Crippen LogP contribution in [0.5, 0.6) is 0 Å². The number of halogens is 1. The third-order valence-corrected chi connectivity index (χ3v) is 1.78. The van der Waals surface area contributed by atoms with Crippen LogP contribution in [0.4, 0.5) is 0 Å². The summed E-state index contributed by atoms with van der Waals surface area (Å²) in [6.07, 6.45) is 0. The standard InChI is InChI=1S/C10H11ClN2/c1-3-13-10(12-2)8-5-4-6-9(11)7-8/h4-7H,2-3H2,1H3/b13-10-. The molecule has 0 saturated heterocycles. The molecule has 0 saturated carbocycles. The molecule has 1 aromatic rings. The van der Waals surface area contributed by atoms with Crippen molar-refractivity contribution in [3.05, 3.63) is 34.9 Å². The zero-order valence-corrected chi connectivity index (χ0v) is 8.25. The Hall–Kier alpha value is -1.15. The number of amidine groups is 1. The molecular weight excluding hydrogens is 184 g/mol. The summed E-state index contributed by atoms with van der Waals surface area (Å²) in [6, 6.07) is 7.42. The average Bonchev–Trinajstić information content (AvgIpc) is 2.14. The summed E-state index contributed by atoms with van der Waals surface area (Å²) in [6.45, 7) is 6.11. The van der Waals surface area contributed by atoms with E-state index in [4.69, 9.17) is 11.6 Å². The van der Waals surface area contributed by atoms with E-state index in [0.717, 1.165) is 5.56 Å². The van der Waals surface area contributed by atoms with E-state index in [0.29, 0.717) is 17.4 Å². The average molecular weight is 195 g/mol. The Bertz CT molecular complexity index is 331. The topological polar surface area (TPSA) is 24.7 Å². The number of hydrogen-bond acceptors (Lipinski definition) is 1. The highest BCUT2D eigenvalue weighted by molar-refractivity contribution is 6.31. The lowest BCUT2D eigenvalue weighted by atomic mass is 10.2. The van der Waals surface area contributed by atoms with E-state index in [9.17, 15) is 0 Å². The van der Waals surface area contributed by atoms with Gasteiger partial charge in [-0.05, 0) is 25.8 Å². The van der Waals surface area contributed by atoms with Gasteiger partial charge in [0.15, 0.2) is 5.84 Å². The van der Waals surface area contributed by atoms with Crippen LogP contribution in [-0.2, 0) is 0 Å². The SMILES string of the molecule is C=N/C(=N\CC)c1cccc(Cl)c1. The minimum Gasteiger partial charge on any atom is -0.267 e. The second-order valence-corrected chi connectivity index (χ2v) is 2.90. The monoisotopic (exact) mass is 194 g/mol. The number of nitrogens with zero attached hydrogens (tertiary/aromatic N) is 2. The highest BCUT2D eigenvalue weighted by Gasteiger charge is 1.99. The Morgan fingerprint density at radius 1 is 1.54 bits per heavy atom. The summed E-state index contributed by atoms with van der Waals surface area (Å²) in [4.78, 5) is 8.01. The Labute approximate surface area is 83.0 Å². The van der Waals surface area contributed by atoms with Gasteiger partial charge in [0, 0.05) is 17.1 Å². The molecule has 0 spiro atoms. The van der Waals surface area contributed by atoms with E-state index in [1.165, 1.54) is 0 Å². The van der Waals surface area contributed by atoms with E-state index in [2.05, 4.69) is 16.7 Å². The summed E-state index contributed by atoms with van der Waals surface area (Å²) in [5.74, 6) is 0.644. The molecule has 1 rings (SSSR count). The van der Waals surface area contributed by atoms with Crippen molar-refractivity contribution in [1.29, 1.82) is 0 Å². The molecule has 0 fully saturated rings. The smallest absolute Gasteiger partial charge is 0.153 e. The maximum absolute atomic E-state index is 5.83. The van der Waals surface area contributed by atoms with Crippen LogP contribution in [0.3, 0.4) is 0 Å². The largest absolute Gasteiger partial charge is 0.267 e. The fourth-order valence-corrected chi connectivity index (χ4v) is 1.20. The molecule has 0 unspecified atom stereocenters. The van der Waals surface area contributed by atoms with E-state index in [1.807, 2.05) is 31.2 Å². The van der Waals surface area contributed by atoms with Crippen LogP contribution in [0.25, 0.3) is 0 Å². The van der Waals surface area contributed by atoms with Crippen molar-refractivity contribution in [3.8, 4) is 0 Å². The molecule has 0 heterocycles. The van der Waals surface area contributed by atoms with Crippen LogP contribution in [0.2, 0.25) is 5.02 Å². The van der Waals surface area contributed by atoms with Crippen LogP contribution in [0.15, 0.2) is 34.3 Å². The van der Waals surface area contributed by atoms with Gasteiger partial charge in [0.2, 0.25) is 0 Å². The van der Waals surface area contributed by atoms with Gasteiger partial charge in [-0.1, -0.05) is 23.7 Å². The number of benzene rings is 1. The molecule has 0 radical (unpaired) electrons. The van der Waals surface area contributed by atoms with Gasteiger partial charge in [0.1, 0.15) is 0 Å². The quantitative estimate of drug-likeness (QED) is 0.511. The summed E-state index contributed by atoms with van der Waals surface area (Å²) < 4.78 is 0. The van der Waals surface area contributed by atoms with E-state index in [-0.39, 0.29) is 0 Å². The fraction of sp³-hybridized carbons (Fsp3) is 0.200. The highest BCUT2D eigenvalue weighted by Crippen LogP contribution is 2.11. The molecule has 0 bridgehead atoms. The second-order valence-electron chi connectivity index (χ2n) is 2.47. The molecule has 2 nitrogen and oxygen atoms in total. The van der Waals surface area contributed by atoms with Crippen LogP contribution in [-0.4, -0.2) is 19.1 Å². The Morgan fingerprint density at radius 3 is 2.85 bits per heavy atom. The molecule has 0 amide bonds. The van der Waals surface area contributed by atoms with Crippen LogP contribution < -0.4 is 0 Å². The third kappa shape index (κ3) is 2.67. The van der Waals surface area contributed by atoms with Crippen LogP contribution >= 0.6 is 11.6 Å². The molecule has 0 N–H and O–H groups in total. The minimum absolute atomic E-state index is 0.644. The van der Waals surface area contributed by atoms with E-state index < -0.39 is 0 Å². The van der Waals surface area contributed by atoms with Gasteiger partial charge in [-0.2, -0.15) is 0 Å². The Kier molecular flexibility index (Phi) is 3.65. The first-order valence-corrected chi connectivity index (χ1v) is 4.43. The third-order valence-electron chi connectivity index (χ3n) is 1.54. The number of aliphatic imine (C=N–C) groups is 2. The number of hydrogen-bond donors (Lipinski definition) is 0. The zero-order valence-electron chi connectivity index (χ0n) is 7.50. The maximum atomic E-state index is 5.83. The van der Waals surface area contributed by atoms with Gasteiger partial charge >= 0.3 is 0 Å². The molecule has 1 aromatic carbocycles. The Balaban J connectivity index is 3.05. The van der Waals surface area contributed by atoms with Crippen molar-refractivity contribution in [3.63, 3.8) is 0 Å². The van der Waals surface area contributed by atoms with Crippen molar-refractivity contribution >= 4 is 24.2 Å².